The molecule has 0 radical (unpaired) electrons. The lowest BCUT2D eigenvalue weighted by molar-refractivity contribution is -0.133. The molecule has 0 aliphatic carbocycles. The summed E-state index contributed by atoms with van der Waals surface area (Å²) in [6.45, 7) is 1.99. The fourth-order valence-corrected chi connectivity index (χ4v) is 2.94. The maximum Gasteiger partial charge on any atom is 0.260 e. The van der Waals surface area contributed by atoms with Crippen LogP contribution in [0.15, 0.2) is 41.2 Å². The first-order valence-electron chi connectivity index (χ1n) is 9.26. The molecule has 0 fully saturated rings. The number of fused-ring (bicyclic) bond motifs is 1. The van der Waals surface area contributed by atoms with Crippen LogP contribution in [0.4, 0.5) is 4.39 Å². The van der Waals surface area contributed by atoms with Gasteiger partial charge >= 0.3 is 0 Å². The summed E-state index contributed by atoms with van der Waals surface area (Å²) in [5, 5.41) is 0.347. The van der Waals surface area contributed by atoms with Crippen LogP contribution in [-0.2, 0) is 11.3 Å². The maximum absolute atomic E-state index is 13.2. The van der Waals surface area contributed by atoms with Crippen LogP contribution >= 0.6 is 0 Å². The van der Waals surface area contributed by atoms with E-state index in [0.717, 1.165) is 0 Å². The molecule has 30 heavy (non-hydrogen) atoms. The van der Waals surface area contributed by atoms with E-state index >= 15 is 0 Å². The fourth-order valence-electron chi connectivity index (χ4n) is 2.94. The van der Waals surface area contributed by atoms with Gasteiger partial charge < -0.3 is 24.1 Å². The number of carbonyl (C=O) groups is 1. The second kappa shape index (κ2) is 9.25. The minimum Gasteiger partial charge on any atom is -0.493 e. The predicted molar refractivity (Wildman–Crippen MR) is 108 cm³/mol. The summed E-state index contributed by atoms with van der Waals surface area (Å²) in [4.78, 5) is 33.6. The molecule has 0 unspecified atom stereocenters. The summed E-state index contributed by atoms with van der Waals surface area (Å²) in [7, 11) is 2.98. The highest BCUT2D eigenvalue weighted by Crippen LogP contribution is 2.29. The van der Waals surface area contributed by atoms with Crippen molar-refractivity contribution in [3.8, 4) is 17.2 Å². The molecule has 0 aliphatic rings. The molecule has 9 heteroatoms. The Morgan fingerprint density at radius 3 is 2.57 bits per heavy atom. The number of carbonyl (C=O) groups excluding carboxylic acids is 1. The Kier molecular flexibility index (Phi) is 6.51. The topological polar surface area (TPSA) is 93.8 Å². The Balaban J connectivity index is 1.78. The number of benzene rings is 2. The minimum atomic E-state index is -0.447. The van der Waals surface area contributed by atoms with Crippen LogP contribution in [0.1, 0.15) is 12.7 Å². The molecule has 1 N–H and O–H groups in total. The van der Waals surface area contributed by atoms with Gasteiger partial charge in [0.15, 0.2) is 18.1 Å². The van der Waals surface area contributed by atoms with Crippen LogP contribution in [-0.4, -0.2) is 48.1 Å². The van der Waals surface area contributed by atoms with Gasteiger partial charge in [-0.15, -0.1) is 0 Å². The molecule has 8 nitrogen and oxygen atoms in total. The van der Waals surface area contributed by atoms with Crippen LogP contribution in [0, 0.1) is 5.82 Å². The zero-order valence-corrected chi connectivity index (χ0v) is 16.9. The van der Waals surface area contributed by atoms with Crippen molar-refractivity contribution in [1.82, 2.24) is 14.9 Å². The van der Waals surface area contributed by atoms with Crippen LogP contribution in [0.5, 0.6) is 17.2 Å². The average Bonchev–Trinajstić information content (AvgIpc) is 2.75. The number of halogens is 1. The van der Waals surface area contributed by atoms with Crippen molar-refractivity contribution in [2.24, 2.45) is 0 Å². The van der Waals surface area contributed by atoms with Gasteiger partial charge in [-0.2, -0.15) is 0 Å². The Morgan fingerprint density at radius 2 is 1.90 bits per heavy atom. The van der Waals surface area contributed by atoms with Gasteiger partial charge in [0.05, 0.1) is 31.7 Å². The second-order valence-electron chi connectivity index (χ2n) is 6.39. The Labute approximate surface area is 172 Å². The van der Waals surface area contributed by atoms with Crippen LogP contribution in [0.2, 0.25) is 0 Å². The van der Waals surface area contributed by atoms with E-state index in [0.29, 0.717) is 34.8 Å². The van der Waals surface area contributed by atoms with Gasteiger partial charge in [-0.1, -0.05) is 6.07 Å². The highest BCUT2D eigenvalue weighted by atomic mass is 19.1. The third kappa shape index (κ3) is 4.68. The normalized spacial score (nSPS) is 10.7. The monoisotopic (exact) mass is 415 g/mol. The summed E-state index contributed by atoms with van der Waals surface area (Å²) in [5.41, 5.74) is 0.0707. The number of aromatic nitrogens is 2. The van der Waals surface area contributed by atoms with Gasteiger partial charge in [-0.3, -0.25) is 9.59 Å². The second-order valence-corrected chi connectivity index (χ2v) is 6.39. The quantitative estimate of drug-likeness (QED) is 0.608. The molecule has 0 spiro atoms. The number of likely N-dealkylation sites (N-methyl/N-ethyl adjacent to an activating group) is 1. The van der Waals surface area contributed by atoms with Crippen LogP contribution in [0.25, 0.3) is 10.9 Å². The van der Waals surface area contributed by atoms with Gasteiger partial charge in [0, 0.05) is 18.7 Å². The van der Waals surface area contributed by atoms with Crippen molar-refractivity contribution in [1.29, 1.82) is 0 Å². The molecule has 2 aromatic carbocycles. The number of hydrogen-bond acceptors (Lipinski definition) is 6. The third-order valence-corrected chi connectivity index (χ3v) is 4.49. The highest BCUT2D eigenvalue weighted by molar-refractivity contribution is 5.82. The number of rotatable bonds is 8. The maximum atomic E-state index is 13.2. The lowest BCUT2D eigenvalue weighted by atomic mass is 10.2. The lowest BCUT2D eigenvalue weighted by Crippen LogP contribution is -2.35. The first-order valence-corrected chi connectivity index (χ1v) is 9.26. The number of nitrogens with one attached hydrogen (secondary N) is 1. The van der Waals surface area contributed by atoms with Crippen molar-refractivity contribution >= 4 is 16.8 Å². The van der Waals surface area contributed by atoms with E-state index in [1.54, 1.807) is 25.1 Å². The molecule has 0 atom stereocenters. The van der Waals surface area contributed by atoms with E-state index in [1.165, 1.54) is 37.3 Å². The SMILES string of the molecule is CCN(Cc1nc2cc(OC)c(OC)cc2c(=O)[nH]1)C(=O)COc1cccc(F)c1. The van der Waals surface area contributed by atoms with E-state index in [4.69, 9.17) is 14.2 Å². The van der Waals surface area contributed by atoms with Gasteiger partial charge in [0.25, 0.3) is 11.5 Å². The van der Waals surface area contributed by atoms with E-state index in [-0.39, 0.29) is 30.4 Å². The smallest absolute Gasteiger partial charge is 0.260 e. The highest BCUT2D eigenvalue weighted by Gasteiger charge is 2.16. The van der Waals surface area contributed by atoms with Crippen molar-refractivity contribution < 1.29 is 23.4 Å². The van der Waals surface area contributed by atoms with Crippen molar-refractivity contribution in [3.05, 3.63) is 58.4 Å². The van der Waals surface area contributed by atoms with Crippen LogP contribution in [0.3, 0.4) is 0 Å². The number of H-pyrrole nitrogens is 1. The number of hydrogen-bond donors (Lipinski definition) is 1. The lowest BCUT2D eigenvalue weighted by Gasteiger charge is -2.20. The number of methoxy groups -OCH3 is 2. The molecule has 0 saturated carbocycles. The van der Waals surface area contributed by atoms with E-state index in [9.17, 15) is 14.0 Å². The Bertz CT molecular complexity index is 1120. The molecular weight excluding hydrogens is 393 g/mol. The number of nitrogens with zero attached hydrogens (tertiary/aromatic N) is 2. The Morgan fingerprint density at radius 1 is 1.17 bits per heavy atom. The molecule has 1 amide bonds. The van der Waals surface area contributed by atoms with E-state index in [1.807, 2.05) is 0 Å². The molecule has 1 aromatic heterocycles. The molecule has 1 heterocycles. The number of ether oxygens (including phenoxy) is 3. The Hall–Kier alpha value is -3.62. The molecule has 0 saturated heterocycles. The largest absolute Gasteiger partial charge is 0.493 e. The minimum absolute atomic E-state index is 0.0847. The van der Waals surface area contributed by atoms with Crippen molar-refractivity contribution in [2.75, 3.05) is 27.4 Å². The van der Waals surface area contributed by atoms with E-state index < -0.39 is 5.82 Å². The number of aromatic amines is 1. The van der Waals surface area contributed by atoms with Crippen molar-refractivity contribution in [2.45, 2.75) is 13.5 Å². The fraction of sp³-hybridized carbons (Fsp3) is 0.286. The van der Waals surface area contributed by atoms with Gasteiger partial charge in [-0.05, 0) is 25.1 Å². The summed E-state index contributed by atoms with van der Waals surface area (Å²) in [5.74, 6) is 0.679. The zero-order valence-electron chi connectivity index (χ0n) is 16.9. The zero-order chi connectivity index (χ0) is 21.7. The molecule has 3 rings (SSSR count). The van der Waals surface area contributed by atoms with Gasteiger partial charge in [0.2, 0.25) is 0 Å². The van der Waals surface area contributed by atoms with Gasteiger partial charge in [0.1, 0.15) is 17.4 Å². The summed E-state index contributed by atoms with van der Waals surface area (Å²) in [6.07, 6.45) is 0. The first-order chi connectivity index (χ1) is 14.4. The summed E-state index contributed by atoms with van der Waals surface area (Å²) >= 11 is 0. The van der Waals surface area contributed by atoms with E-state index in [2.05, 4.69) is 9.97 Å². The molecule has 158 valence electrons. The summed E-state index contributed by atoms with van der Waals surface area (Å²) < 4.78 is 29.1. The third-order valence-electron chi connectivity index (χ3n) is 4.49. The van der Waals surface area contributed by atoms with Crippen molar-refractivity contribution in [3.63, 3.8) is 0 Å². The first kappa shape index (κ1) is 21.1. The standard InChI is InChI=1S/C21H22FN3O5/c1-4-25(20(26)12-30-14-7-5-6-13(22)8-14)11-19-23-16-10-18(29-3)17(28-2)9-15(16)21(27)24-19/h5-10H,4,11-12H2,1-3H3,(H,23,24,27). The summed E-state index contributed by atoms with van der Waals surface area (Å²) in [6, 6.07) is 8.72. The number of amides is 1. The average molecular weight is 415 g/mol. The van der Waals surface area contributed by atoms with Gasteiger partial charge in [-0.25, -0.2) is 9.37 Å². The molecule has 0 bridgehead atoms. The molecule has 3 aromatic rings. The molecular formula is C21H22FN3O5. The predicted octanol–water partition coefficient (Wildman–Crippen LogP) is 2.51. The molecule has 0 aliphatic heterocycles. The van der Waals surface area contributed by atoms with Crippen LogP contribution < -0.4 is 19.8 Å².